The fourth-order valence-corrected chi connectivity index (χ4v) is 2.83. The molecular formula is C28H43NO10. The van der Waals surface area contributed by atoms with Gasteiger partial charge in [0, 0.05) is 0 Å². The first-order valence-corrected chi connectivity index (χ1v) is 12.9. The third-order valence-corrected chi connectivity index (χ3v) is 5.21. The van der Waals surface area contributed by atoms with Crippen molar-refractivity contribution < 1.29 is 47.6 Å². The molecule has 0 saturated heterocycles. The molecule has 4 atom stereocenters. The molecule has 0 heterocycles. The lowest BCUT2D eigenvalue weighted by molar-refractivity contribution is -0.168. The summed E-state index contributed by atoms with van der Waals surface area (Å²) in [5, 5.41) is 0. The first kappa shape index (κ1) is 33.7. The van der Waals surface area contributed by atoms with E-state index in [9.17, 15) is 19.2 Å². The van der Waals surface area contributed by atoms with Crippen molar-refractivity contribution >= 4 is 24.2 Å². The maximum Gasteiger partial charge on any atom is 0.514 e. The first-order valence-electron chi connectivity index (χ1n) is 12.9. The zero-order chi connectivity index (χ0) is 30.1. The van der Waals surface area contributed by atoms with Gasteiger partial charge in [0.25, 0.3) is 0 Å². The van der Waals surface area contributed by atoms with Gasteiger partial charge in [-0.05, 0) is 85.9 Å². The molecule has 0 radical (unpaired) electrons. The molecule has 11 nitrogen and oxygen atoms in total. The van der Waals surface area contributed by atoms with E-state index >= 15 is 0 Å². The number of carbonyl (C=O) groups excluding carboxylic acids is 4. The molecule has 11 heteroatoms. The highest BCUT2D eigenvalue weighted by atomic mass is 16.8. The average Bonchev–Trinajstić information content (AvgIpc) is 2.77. The van der Waals surface area contributed by atoms with E-state index in [0.717, 1.165) is 0 Å². The zero-order valence-corrected chi connectivity index (χ0v) is 24.6. The summed E-state index contributed by atoms with van der Waals surface area (Å²) in [4.78, 5) is 49.2. The molecule has 0 spiro atoms. The Morgan fingerprint density at radius 1 is 0.769 bits per heavy atom. The topological polar surface area (TPSA) is 150 Å². The van der Waals surface area contributed by atoms with Crippen LogP contribution < -0.4 is 15.2 Å². The van der Waals surface area contributed by atoms with Crippen LogP contribution in [0.1, 0.15) is 81.2 Å². The molecule has 0 aromatic heterocycles. The van der Waals surface area contributed by atoms with E-state index in [1.165, 1.54) is 12.1 Å². The predicted octanol–water partition coefficient (Wildman–Crippen LogP) is 5.09. The molecule has 0 aliphatic rings. The van der Waals surface area contributed by atoms with Gasteiger partial charge in [-0.2, -0.15) is 0 Å². The molecule has 1 aromatic rings. The van der Waals surface area contributed by atoms with E-state index in [-0.39, 0.29) is 29.8 Å². The van der Waals surface area contributed by atoms with Crippen LogP contribution in [0, 0.1) is 5.92 Å². The first-order chi connectivity index (χ1) is 17.8. The number of benzene rings is 1. The van der Waals surface area contributed by atoms with Crippen molar-refractivity contribution in [2.24, 2.45) is 11.7 Å². The number of hydrogen-bond acceptors (Lipinski definition) is 11. The molecular weight excluding hydrogens is 510 g/mol. The molecule has 0 amide bonds. The SMILES string of the molecule is CCC(C)C(=O)O[C@@H](C)[C@H](C)OC(=O)[C@@H](N)Cc1ccc(OC(=O)OC(C)(C)C)c(OC(=O)OC(C)(C)C)c1. The monoisotopic (exact) mass is 553 g/mol. The van der Waals surface area contributed by atoms with E-state index in [0.29, 0.717) is 12.0 Å². The molecule has 39 heavy (non-hydrogen) atoms. The second-order valence-corrected chi connectivity index (χ2v) is 11.3. The Kier molecular flexibility index (Phi) is 12.2. The Hall–Kier alpha value is -3.34. The van der Waals surface area contributed by atoms with Gasteiger partial charge < -0.3 is 34.2 Å². The van der Waals surface area contributed by atoms with E-state index < -0.39 is 47.7 Å². The Bertz CT molecular complexity index is 1010. The van der Waals surface area contributed by atoms with Gasteiger partial charge in [0.15, 0.2) is 11.5 Å². The lowest BCUT2D eigenvalue weighted by Crippen LogP contribution is -2.40. The summed E-state index contributed by atoms with van der Waals surface area (Å²) in [5.41, 5.74) is 4.92. The normalized spacial score (nSPS) is 14.7. The third kappa shape index (κ3) is 12.8. The summed E-state index contributed by atoms with van der Waals surface area (Å²) in [6.45, 7) is 16.9. The number of rotatable bonds is 10. The fourth-order valence-electron chi connectivity index (χ4n) is 2.83. The fraction of sp³-hybridized carbons (Fsp3) is 0.643. The molecule has 0 saturated carbocycles. The number of nitrogens with two attached hydrogens (primary N) is 1. The smallest absolute Gasteiger partial charge is 0.459 e. The summed E-state index contributed by atoms with van der Waals surface area (Å²) in [5.74, 6) is -1.58. The van der Waals surface area contributed by atoms with Gasteiger partial charge in [-0.25, -0.2) is 9.59 Å². The van der Waals surface area contributed by atoms with Crippen LogP contribution in [-0.4, -0.2) is 53.7 Å². The highest BCUT2D eigenvalue weighted by Crippen LogP contribution is 2.31. The number of ether oxygens (including phenoxy) is 6. The second-order valence-electron chi connectivity index (χ2n) is 11.3. The minimum Gasteiger partial charge on any atom is -0.459 e. The Morgan fingerprint density at radius 2 is 1.23 bits per heavy atom. The summed E-state index contributed by atoms with van der Waals surface area (Å²) in [6, 6.07) is 3.25. The lowest BCUT2D eigenvalue weighted by atomic mass is 10.1. The van der Waals surface area contributed by atoms with Crippen LogP contribution in [-0.2, 0) is 35.0 Å². The molecule has 1 rings (SSSR count). The standard InChI is InChI=1S/C28H43NO10/c1-11-16(2)23(30)34-17(3)18(4)35-24(31)20(29)14-19-12-13-21(36-25(32)38-27(5,6)7)22(15-19)37-26(33)39-28(8,9)10/h12-13,15-18,20H,11,14,29H2,1-10H3/t16?,17-,18-,20-/m0/s1. The van der Waals surface area contributed by atoms with Crippen LogP contribution in [0.4, 0.5) is 9.59 Å². The lowest BCUT2D eigenvalue weighted by Gasteiger charge is -2.23. The van der Waals surface area contributed by atoms with E-state index in [4.69, 9.17) is 34.2 Å². The van der Waals surface area contributed by atoms with E-state index in [1.54, 1.807) is 68.4 Å². The van der Waals surface area contributed by atoms with E-state index in [1.807, 2.05) is 6.92 Å². The van der Waals surface area contributed by atoms with Crippen molar-refractivity contribution in [2.75, 3.05) is 0 Å². The van der Waals surface area contributed by atoms with Gasteiger partial charge in [-0.15, -0.1) is 0 Å². The van der Waals surface area contributed by atoms with Crippen molar-refractivity contribution in [3.05, 3.63) is 23.8 Å². The largest absolute Gasteiger partial charge is 0.514 e. The van der Waals surface area contributed by atoms with Gasteiger partial charge in [-0.3, -0.25) is 9.59 Å². The van der Waals surface area contributed by atoms with Gasteiger partial charge in [0.2, 0.25) is 0 Å². The second kappa shape index (κ2) is 14.2. The Labute approximate surface area is 230 Å². The molecule has 220 valence electrons. The van der Waals surface area contributed by atoms with Crippen LogP contribution in [0.5, 0.6) is 11.5 Å². The number of hydrogen-bond donors (Lipinski definition) is 1. The zero-order valence-electron chi connectivity index (χ0n) is 24.6. The van der Waals surface area contributed by atoms with Gasteiger partial charge >= 0.3 is 24.2 Å². The minimum atomic E-state index is -1.09. The molecule has 0 aliphatic heterocycles. The predicted molar refractivity (Wildman–Crippen MR) is 142 cm³/mol. The van der Waals surface area contributed by atoms with Crippen molar-refractivity contribution in [3.8, 4) is 11.5 Å². The van der Waals surface area contributed by atoms with Crippen molar-refractivity contribution in [1.29, 1.82) is 0 Å². The van der Waals surface area contributed by atoms with Crippen LogP contribution in [0.25, 0.3) is 0 Å². The molecule has 1 aromatic carbocycles. The van der Waals surface area contributed by atoms with Crippen LogP contribution in [0.3, 0.4) is 0 Å². The van der Waals surface area contributed by atoms with Gasteiger partial charge in [-0.1, -0.05) is 19.9 Å². The summed E-state index contributed by atoms with van der Waals surface area (Å²) in [6.07, 6.45) is -2.78. The Balaban J connectivity index is 3.00. The van der Waals surface area contributed by atoms with Crippen molar-refractivity contribution in [1.82, 2.24) is 0 Å². The van der Waals surface area contributed by atoms with Crippen LogP contribution >= 0.6 is 0 Å². The number of esters is 2. The summed E-state index contributed by atoms with van der Waals surface area (Å²) >= 11 is 0. The Morgan fingerprint density at radius 3 is 1.69 bits per heavy atom. The molecule has 0 fully saturated rings. The van der Waals surface area contributed by atoms with Crippen molar-refractivity contribution in [2.45, 2.75) is 112 Å². The molecule has 0 aliphatic carbocycles. The van der Waals surface area contributed by atoms with E-state index in [2.05, 4.69) is 0 Å². The third-order valence-electron chi connectivity index (χ3n) is 5.21. The summed E-state index contributed by atoms with van der Waals surface area (Å²) < 4.78 is 31.6. The maximum atomic E-state index is 12.6. The number of carbonyl (C=O) groups is 4. The van der Waals surface area contributed by atoms with Gasteiger partial charge in [0.05, 0.1) is 5.92 Å². The van der Waals surface area contributed by atoms with Crippen LogP contribution in [0.15, 0.2) is 18.2 Å². The van der Waals surface area contributed by atoms with Gasteiger partial charge in [0.1, 0.15) is 29.5 Å². The molecule has 0 bridgehead atoms. The highest BCUT2D eigenvalue weighted by molar-refractivity contribution is 5.76. The maximum absolute atomic E-state index is 12.6. The summed E-state index contributed by atoms with van der Waals surface area (Å²) in [7, 11) is 0. The average molecular weight is 554 g/mol. The molecule has 2 N–H and O–H groups in total. The minimum absolute atomic E-state index is 0.00396. The molecule has 1 unspecified atom stereocenters. The highest BCUT2D eigenvalue weighted by Gasteiger charge is 2.27. The van der Waals surface area contributed by atoms with Crippen molar-refractivity contribution in [3.63, 3.8) is 0 Å². The van der Waals surface area contributed by atoms with Crippen LogP contribution in [0.2, 0.25) is 0 Å². The quantitative estimate of drug-likeness (QED) is 0.234.